The maximum atomic E-state index is 13.1. The molecule has 4 rings (SSSR count). The van der Waals surface area contributed by atoms with E-state index in [2.05, 4.69) is 22.2 Å². The number of hydrogen-bond acceptors (Lipinski definition) is 6. The summed E-state index contributed by atoms with van der Waals surface area (Å²) in [5.41, 5.74) is 7.54. The Labute approximate surface area is 183 Å². The predicted octanol–water partition coefficient (Wildman–Crippen LogP) is 3.04. The van der Waals surface area contributed by atoms with Crippen molar-refractivity contribution in [3.8, 4) is 0 Å². The first-order valence-electron chi connectivity index (χ1n) is 10.1. The van der Waals surface area contributed by atoms with E-state index in [9.17, 15) is 14.4 Å². The Morgan fingerprint density at radius 2 is 2.00 bits per heavy atom. The lowest BCUT2D eigenvalue weighted by molar-refractivity contribution is -0.146. The molecule has 0 radical (unpaired) electrons. The Balaban J connectivity index is 1.57. The van der Waals surface area contributed by atoms with E-state index in [4.69, 9.17) is 5.73 Å². The van der Waals surface area contributed by atoms with Crippen LogP contribution >= 0.6 is 11.3 Å². The van der Waals surface area contributed by atoms with Crippen LogP contribution in [0.1, 0.15) is 46.7 Å². The number of nitrogens with zero attached hydrogens (tertiary/aromatic N) is 3. The number of benzene rings is 1. The van der Waals surface area contributed by atoms with Crippen LogP contribution in [-0.2, 0) is 9.59 Å². The van der Waals surface area contributed by atoms with Crippen LogP contribution in [0.15, 0.2) is 36.7 Å². The van der Waals surface area contributed by atoms with Crippen molar-refractivity contribution in [3.63, 3.8) is 0 Å². The number of carbonyl (C=O) groups is 3. The number of pyridine rings is 1. The summed E-state index contributed by atoms with van der Waals surface area (Å²) >= 11 is 1.63. The average Bonchev–Trinajstić information content (AvgIpc) is 3.12. The van der Waals surface area contributed by atoms with Gasteiger partial charge in [0.2, 0.25) is 5.91 Å². The van der Waals surface area contributed by atoms with Gasteiger partial charge in [-0.1, -0.05) is 13.0 Å². The number of thiazole rings is 1. The molecule has 0 spiro atoms. The number of fused-ring (bicyclic) bond motifs is 1. The van der Waals surface area contributed by atoms with Crippen LogP contribution < -0.4 is 11.1 Å². The van der Waals surface area contributed by atoms with Gasteiger partial charge in [0.15, 0.2) is 0 Å². The minimum absolute atomic E-state index is 0.154. The number of piperidine rings is 1. The molecule has 3 heterocycles. The van der Waals surface area contributed by atoms with Gasteiger partial charge in [-0.15, -0.1) is 11.3 Å². The average molecular weight is 438 g/mol. The van der Waals surface area contributed by atoms with E-state index in [0.29, 0.717) is 6.54 Å². The summed E-state index contributed by atoms with van der Waals surface area (Å²) < 4.78 is 1.10. The Hall–Kier alpha value is -3.33. The Kier molecular flexibility index (Phi) is 5.69. The van der Waals surface area contributed by atoms with Gasteiger partial charge in [-0.25, -0.2) is 4.98 Å². The zero-order valence-electron chi connectivity index (χ0n) is 17.3. The number of aromatic nitrogens is 2. The normalized spacial score (nSPS) is 18.7. The van der Waals surface area contributed by atoms with Crippen molar-refractivity contribution in [2.75, 3.05) is 11.9 Å². The molecule has 2 aromatic heterocycles. The number of rotatable bonds is 3. The number of primary amides is 1. The second-order valence-corrected chi connectivity index (χ2v) is 9.13. The van der Waals surface area contributed by atoms with Crippen LogP contribution in [0.25, 0.3) is 10.2 Å². The topological polar surface area (TPSA) is 118 Å². The standard InChI is InChI=1S/C22H23N5O3S/c1-12-3-5-18(14-4-6-19-17(8-14)25-13(2)31-19)27(11-12)22(30)21(29)26-16-7-15(20(23)28)9-24-10-16/h4,6-10,12,18H,3,5,11H2,1-2H3,(H2,23,28)(H,26,29)/t12-,18+/m1/s1. The maximum absolute atomic E-state index is 13.1. The van der Waals surface area contributed by atoms with E-state index in [0.717, 1.165) is 33.6 Å². The fourth-order valence-electron chi connectivity index (χ4n) is 3.95. The first-order valence-corrected chi connectivity index (χ1v) is 10.9. The van der Waals surface area contributed by atoms with Gasteiger partial charge in [-0.05, 0) is 49.4 Å². The van der Waals surface area contributed by atoms with Gasteiger partial charge in [-0.2, -0.15) is 0 Å². The van der Waals surface area contributed by atoms with Crippen LogP contribution in [0.5, 0.6) is 0 Å². The Morgan fingerprint density at radius 3 is 2.77 bits per heavy atom. The number of nitrogens with one attached hydrogen (secondary N) is 1. The summed E-state index contributed by atoms with van der Waals surface area (Å²) in [7, 11) is 0. The van der Waals surface area contributed by atoms with E-state index < -0.39 is 17.7 Å². The summed E-state index contributed by atoms with van der Waals surface area (Å²) in [6.07, 6.45) is 4.41. The predicted molar refractivity (Wildman–Crippen MR) is 119 cm³/mol. The zero-order chi connectivity index (χ0) is 22.1. The van der Waals surface area contributed by atoms with Crippen molar-refractivity contribution >= 4 is 45.0 Å². The lowest BCUT2D eigenvalue weighted by Gasteiger charge is -2.38. The third-order valence-corrected chi connectivity index (χ3v) is 6.41. The van der Waals surface area contributed by atoms with Gasteiger partial charge in [0.05, 0.1) is 38.7 Å². The molecule has 3 aromatic rings. The van der Waals surface area contributed by atoms with Crippen LogP contribution in [0.3, 0.4) is 0 Å². The van der Waals surface area contributed by atoms with Crippen molar-refractivity contribution in [2.45, 2.75) is 32.7 Å². The minimum Gasteiger partial charge on any atom is -0.366 e. The van der Waals surface area contributed by atoms with Crippen molar-refractivity contribution in [1.29, 1.82) is 0 Å². The Bertz CT molecular complexity index is 1170. The summed E-state index contributed by atoms with van der Waals surface area (Å²) in [5.74, 6) is -1.76. The highest BCUT2D eigenvalue weighted by Gasteiger charge is 2.34. The molecule has 160 valence electrons. The minimum atomic E-state index is -0.770. The Morgan fingerprint density at radius 1 is 1.19 bits per heavy atom. The molecule has 0 unspecified atom stereocenters. The molecule has 2 atom stereocenters. The third-order valence-electron chi connectivity index (χ3n) is 5.46. The molecule has 1 aliphatic rings. The highest BCUT2D eigenvalue weighted by molar-refractivity contribution is 7.18. The molecule has 1 aliphatic heterocycles. The molecule has 3 N–H and O–H groups in total. The fourth-order valence-corrected chi connectivity index (χ4v) is 4.76. The van der Waals surface area contributed by atoms with Crippen LogP contribution in [0.2, 0.25) is 0 Å². The second-order valence-electron chi connectivity index (χ2n) is 7.90. The largest absolute Gasteiger partial charge is 0.366 e. The van der Waals surface area contributed by atoms with Crippen LogP contribution in [0, 0.1) is 12.8 Å². The van der Waals surface area contributed by atoms with E-state index in [1.165, 1.54) is 18.5 Å². The fraction of sp³-hybridized carbons (Fsp3) is 0.318. The number of nitrogens with two attached hydrogens (primary N) is 1. The molecule has 0 saturated carbocycles. The molecule has 1 fully saturated rings. The quantitative estimate of drug-likeness (QED) is 0.611. The lowest BCUT2D eigenvalue weighted by atomic mass is 9.89. The van der Waals surface area contributed by atoms with Gasteiger partial charge in [0, 0.05) is 12.7 Å². The van der Waals surface area contributed by atoms with E-state index in [1.54, 1.807) is 16.2 Å². The molecular weight excluding hydrogens is 414 g/mol. The van der Waals surface area contributed by atoms with Gasteiger partial charge in [0.1, 0.15) is 0 Å². The number of anilines is 1. The summed E-state index contributed by atoms with van der Waals surface area (Å²) in [6.45, 7) is 4.53. The van der Waals surface area contributed by atoms with Crippen molar-refractivity contribution in [1.82, 2.24) is 14.9 Å². The molecule has 0 bridgehead atoms. The summed E-state index contributed by atoms with van der Waals surface area (Å²) in [4.78, 5) is 47.3. The van der Waals surface area contributed by atoms with E-state index in [-0.39, 0.29) is 23.2 Å². The number of carbonyl (C=O) groups excluding carboxylic acids is 3. The van der Waals surface area contributed by atoms with E-state index in [1.807, 2.05) is 25.1 Å². The SMILES string of the molecule is Cc1nc2cc([C@@H]3CC[C@@H](C)CN3C(=O)C(=O)Nc3cncc(C(N)=O)c3)ccc2s1. The van der Waals surface area contributed by atoms with Crippen LogP contribution in [0.4, 0.5) is 5.69 Å². The number of hydrogen-bond donors (Lipinski definition) is 2. The summed E-state index contributed by atoms with van der Waals surface area (Å²) in [6, 6.07) is 7.25. The second kappa shape index (κ2) is 8.43. The van der Waals surface area contributed by atoms with Gasteiger partial charge in [0.25, 0.3) is 0 Å². The molecule has 9 heteroatoms. The monoisotopic (exact) mass is 437 g/mol. The smallest absolute Gasteiger partial charge is 0.313 e. The van der Waals surface area contributed by atoms with Gasteiger partial charge < -0.3 is 16.0 Å². The highest BCUT2D eigenvalue weighted by atomic mass is 32.1. The molecule has 3 amide bonds. The first kappa shape index (κ1) is 20.9. The third kappa shape index (κ3) is 4.41. The highest BCUT2D eigenvalue weighted by Crippen LogP contribution is 2.35. The van der Waals surface area contributed by atoms with E-state index >= 15 is 0 Å². The van der Waals surface area contributed by atoms with Crippen molar-refractivity contribution in [2.24, 2.45) is 11.7 Å². The zero-order valence-corrected chi connectivity index (χ0v) is 18.1. The summed E-state index contributed by atoms with van der Waals surface area (Å²) in [5, 5.41) is 3.53. The molecule has 0 aliphatic carbocycles. The lowest BCUT2D eigenvalue weighted by Crippen LogP contribution is -2.46. The van der Waals surface area contributed by atoms with Crippen molar-refractivity contribution in [3.05, 3.63) is 52.8 Å². The molecular formula is C22H23N5O3S. The first-order chi connectivity index (χ1) is 14.8. The molecule has 31 heavy (non-hydrogen) atoms. The maximum Gasteiger partial charge on any atom is 0.313 e. The number of aryl methyl sites for hydroxylation is 1. The molecule has 8 nitrogen and oxygen atoms in total. The van der Waals surface area contributed by atoms with Crippen LogP contribution in [-0.4, -0.2) is 39.1 Å². The van der Waals surface area contributed by atoms with Gasteiger partial charge >= 0.3 is 11.8 Å². The van der Waals surface area contributed by atoms with Crippen molar-refractivity contribution < 1.29 is 14.4 Å². The number of likely N-dealkylation sites (tertiary alicyclic amines) is 1. The molecule has 1 aromatic carbocycles. The molecule has 1 saturated heterocycles. The van der Waals surface area contributed by atoms with Gasteiger partial charge in [-0.3, -0.25) is 19.4 Å². The number of amides is 3.